The van der Waals surface area contributed by atoms with Crippen LogP contribution in [0.15, 0.2) is 47.7 Å². The highest BCUT2D eigenvalue weighted by molar-refractivity contribution is 6.35. The minimum absolute atomic E-state index is 0.0643. The number of benzene rings is 2. The molecule has 4 rings (SSSR count). The molecule has 1 amide bonds. The van der Waals surface area contributed by atoms with Gasteiger partial charge in [-0.2, -0.15) is 0 Å². The lowest BCUT2D eigenvalue weighted by Gasteiger charge is -2.43. The van der Waals surface area contributed by atoms with Crippen molar-refractivity contribution >= 4 is 52.2 Å². The number of anilines is 1. The van der Waals surface area contributed by atoms with Crippen molar-refractivity contribution in [3.8, 4) is 0 Å². The second-order valence-corrected chi connectivity index (χ2v) is 10.1. The van der Waals surface area contributed by atoms with Crippen LogP contribution in [0, 0.1) is 12.3 Å². The summed E-state index contributed by atoms with van der Waals surface area (Å²) >= 11 is 18.9. The number of hydrogen-bond donors (Lipinski definition) is 0. The average molecular weight is 463 g/mol. The summed E-state index contributed by atoms with van der Waals surface area (Å²) in [6.07, 6.45) is 1.22. The molecule has 2 aromatic carbocycles. The lowest BCUT2D eigenvalue weighted by atomic mass is 9.69. The highest BCUT2D eigenvalue weighted by Crippen LogP contribution is 2.49. The number of carbonyl (C=O) groups is 2. The van der Waals surface area contributed by atoms with Gasteiger partial charge in [-0.25, -0.2) is 0 Å². The van der Waals surface area contributed by atoms with E-state index in [1.807, 2.05) is 25.1 Å². The summed E-state index contributed by atoms with van der Waals surface area (Å²) in [5.41, 5.74) is 3.50. The fourth-order valence-corrected chi connectivity index (χ4v) is 5.29. The van der Waals surface area contributed by atoms with Crippen molar-refractivity contribution in [3.05, 3.63) is 73.9 Å². The third-order valence-corrected chi connectivity index (χ3v) is 6.93. The summed E-state index contributed by atoms with van der Waals surface area (Å²) in [7, 11) is 0. The van der Waals surface area contributed by atoms with Gasteiger partial charge in [0.15, 0.2) is 5.78 Å². The second-order valence-electron chi connectivity index (χ2n) is 8.84. The zero-order valence-electron chi connectivity index (χ0n) is 17.1. The van der Waals surface area contributed by atoms with Crippen molar-refractivity contribution in [1.82, 2.24) is 0 Å². The van der Waals surface area contributed by atoms with E-state index in [1.165, 1.54) is 0 Å². The van der Waals surface area contributed by atoms with Gasteiger partial charge in [-0.1, -0.05) is 60.8 Å². The van der Waals surface area contributed by atoms with Crippen molar-refractivity contribution in [2.24, 2.45) is 5.41 Å². The molecule has 156 valence electrons. The van der Waals surface area contributed by atoms with E-state index < -0.39 is 0 Å². The largest absolute Gasteiger partial charge is 0.294 e. The number of hydrogen-bond acceptors (Lipinski definition) is 2. The second kappa shape index (κ2) is 7.71. The van der Waals surface area contributed by atoms with Crippen LogP contribution in [0.1, 0.15) is 50.2 Å². The van der Waals surface area contributed by atoms with Crippen molar-refractivity contribution in [2.75, 3.05) is 4.90 Å². The summed E-state index contributed by atoms with van der Waals surface area (Å²) in [5, 5.41) is 1.58. The van der Waals surface area contributed by atoms with Crippen LogP contribution >= 0.6 is 34.8 Å². The quantitative estimate of drug-likeness (QED) is 0.476. The van der Waals surface area contributed by atoms with E-state index in [0.29, 0.717) is 33.5 Å². The molecule has 3 nitrogen and oxygen atoms in total. The summed E-state index contributed by atoms with van der Waals surface area (Å²) < 4.78 is 0. The van der Waals surface area contributed by atoms with Gasteiger partial charge in [-0.15, -0.1) is 0 Å². The number of rotatable bonds is 2. The average Bonchev–Trinajstić information content (AvgIpc) is 2.63. The Labute approximate surface area is 191 Å². The minimum Gasteiger partial charge on any atom is -0.294 e. The monoisotopic (exact) mass is 461 g/mol. The molecule has 1 unspecified atom stereocenters. The van der Waals surface area contributed by atoms with E-state index >= 15 is 0 Å². The Hall–Kier alpha value is -1.81. The normalized spacial score (nSPS) is 21.1. The molecule has 2 aliphatic rings. The molecule has 30 heavy (non-hydrogen) atoms. The highest BCUT2D eigenvalue weighted by atomic mass is 35.5. The van der Waals surface area contributed by atoms with E-state index in [4.69, 9.17) is 34.8 Å². The molecular weight excluding hydrogens is 441 g/mol. The Morgan fingerprint density at radius 1 is 1.00 bits per heavy atom. The van der Waals surface area contributed by atoms with Crippen LogP contribution < -0.4 is 4.90 Å². The Kier molecular flexibility index (Phi) is 5.50. The number of nitrogens with zero attached hydrogens (tertiary/aromatic N) is 1. The van der Waals surface area contributed by atoms with Gasteiger partial charge in [-0.05, 0) is 54.2 Å². The third kappa shape index (κ3) is 3.68. The van der Waals surface area contributed by atoms with Crippen LogP contribution in [-0.4, -0.2) is 11.7 Å². The maximum atomic E-state index is 13.5. The van der Waals surface area contributed by atoms with E-state index in [1.54, 1.807) is 23.1 Å². The van der Waals surface area contributed by atoms with Crippen LogP contribution in [0.5, 0.6) is 0 Å². The topological polar surface area (TPSA) is 37.4 Å². The predicted molar refractivity (Wildman–Crippen MR) is 123 cm³/mol. The van der Waals surface area contributed by atoms with E-state index in [2.05, 4.69) is 13.8 Å². The molecule has 0 fully saturated rings. The van der Waals surface area contributed by atoms with Crippen LogP contribution in [-0.2, 0) is 9.59 Å². The van der Waals surface area contributed by atoms with Crippen LogP contribution in [0.4, 0.5) is 5.69 Å². The lowest BCUT2D eigenvalue weighted by Crippen LogP contribution is -2.44. The number of halogens is 3. The summed E-state index contributed by atoms with van der Waals surface area (Å²) in [4.78, 5) is 28.5. The number of amides is 1. The first-order valence-corrected chi connectivity index (χ1v) is 11.0. The number of Topliss-reactive ketones (excluding diaryl/α,β-unsaturated/α-hetero) is 1. The van der Waals surface area contributed by atoms with Crippen LogP contribution in [0.25, 0.3) is 0 Å². The van der Waals surface area contributed by atoms with E-state index in [0.717, 1.165) is 22.5 Å². The molecule has 6 heteroatoms. The Balaban J connectivity index is 1.95. The molecule has 0 spiro atoms. The van der Waals surface area contributed by atoms with Gasteiger partial charge in [0.2, 0.25) is 5.91 Å². The molecule has 1 aliphatic heterocycles. The lowest BCUT2D eigenvalue weighted by molar-refractivity contribution is -0.121. The Bertz CT molecular complexity index is 1100. The molecule has 1 aliphatic carbocycles. The third-order valence-electron chi connectivity index (χ3n) is 5.96. The molecular formula is C24H22Cl3NO2. The number of carbonyl (C=O) groups excluding carboxylic acids is 2. The smallest absolute Gasteiger partial charge is 0.232 e. The first kappa shape index (κ1) is 21.4. The van der Waals surface area contributed by atoms with Gasteiger partial charge < -0.3 is 0 Å². The maximum Gasteiger partial charge on any atom is 0.232 e. The molecule has 0 bridgehead atoms. The summed E-state index contributed by atoms with van der Waals surface area (Å²) in [6.45, 7) is 6.01. The molecule has 0 saturated heterocycles. The molecule has 2 aromatic rings. The fourth-order valence-electron chi connectivity index (χ4n) is 4.58. The molecule has 0 aromatic heterocycles. The maximum absolute atomic E-state index is 13.5. The van der Waals surface area contributed by atoms with Gasteiger partial charge in [0.25, 0.3) is 0 Å². The van der Waals surface area contributed by atoms with Crippen LogP contribution in [0.3, 0.4) is 0 Å². The van der Waals surface area contributed by atoms with Gasteiger partial charge >= 0.3 is 0 Å². The van der Waals surface area contributed by atoms with Crippen molar-refractivity contribution < 1.29 is 9.59 Å². The SMILES string of the molecule is Cc1c(Cl)cccc1N1C(=O)CC(c2ccc(Cl)cc2Cl)C2=C1CC(C)(C)CC2=O. The summed E-state index contributed by atoms with van der Waals surface area (Å²) in [6, 6.07) is 10.7. The van der Waals surface area contributed by atoms with Gasteiger partial charge in [0, 0.05) is 45.1 Å². The molecule has 0 radical (unpaired) electrons. The van der Waals surface area contributed by atoms with E-state index in [9.17, 15) is 9.59 Å². The molecule has 0 N–H and O–H groups in total. The van der Waals surface area contributed by atoms with Crippen molar-refractivity contribution in [2.45, 2.75) is 46.0 Å². The summed E-state index contributed by atoms with van der Waals surface area (Å²) in [5.74, 6) is -0.383. The zero-order chi connectivity index (χ0) is 21.8. The fraction of sp³-hybridized carbons (Fsp3) is 0.333. The molecule has 1 atom stereocenters. The molecule has 1 heterocycles. The Morgan fingerprint density at radius 2 is 1.73 bits per heavy atom. The predicted octanol–water partition coefficient (Wildman–Crippen LogP) is 7.12. The minimum atomic E-state index is -0.378. The first-order chi connectivity index (χ1) is 14.1. The number of ketones is 1. The van der Waals surface area contributed by atoms with Gasteiger partial charge in [0.1, 0.15) is 0 Å². The number of allylic oxidation sites excluding steroid dienone is 2. The molecule has 0 saturated carbocycles. The van der Waals surface area contributed by atoms with E-state index in [-0.39, 0.29) is 29.4 Å². The first-order valence-electron chi connectivity index (χ1n) is 9.88. The highest BCUT2D eigenvalue weighted by Gasteiger charge is 2.45. The van der Waals surface area contributed by atoms with Crippen LogP contribution in [0.2, 0.25) is 15.1 Å². The van der Waals surface area contributed by atoms with Gasteiger partial charge in [-0.3, -0.25) is 14.5 Å². The Morgan fingerprint density at radius 3 is 2.43 bits per heavy atom. The van der Waals surface area contributed by atoms with Crippen molar-refractivity contribution in [1.29, 1.82) is 0 Å². The van der Waals surface area contributed by atoms with Gasteiger partial charge in [0.05, 0.1) is 5.69 Å². The van der Waals surface area contributed by atoms with Crippen molar-refractivity contribution in [3.63, 3.8) is 0 Å². The zero-order valence-corrected chi connectivity index (χ0v) is 19.3. The standard InChI is InChI=1S/C24H22Cl3NO2/c1-13-17(26)5-4-6-19(13)28-20-11-24(2,3)12-21(29)23(20)16(10-22(28)30)15-8-7-14(25)9-18(15)27/h4-9,16H,10-12H2,1-3H3.